The molecule has 1 aliphatic carbocycles. The Morgan fingerprint density at radius 3 is 2.50 bits per heavy atom. The minimum atomic E-state index is -0.903. The molecule has 2 N–H and O–H groups in total. The summed E-state index contributed by atoms with van der Waals surface area (Å²) in [6.45, 7) is 1.72. The molecule has 0 aromatic heterocycles. The van der Waals surface area contributed by atoms with Gasteiger partial charge in [0.05, 0.1) is 0 Å². The average molecular weight is 254 g/mol. The standard InChI is InChI=1S/C13H22N2O3/c16-12(7-10-5-6-14-8-10)15(9-13(17)18)11-3-1-2-4-11/h10-11,14H,1-9H2,(H,17,18). The van der Waals surface area contributed by atoms with Crippen molar-refractivity contribution in [1.82, 2.24) is 10.2 Å². The molecule has 2 aliphatic rings. The van der Waals surface area contributed by atoms with Gasteiger partial charge in [0.25, 0.3) is 0 Å². The number of nitrogens with zero attached hydrogens (tertiary/aromatic N) is 1. The lowest BCUT2D eigenvalue weighted by Gasteiger charge is -2.28. The zero-order valence-corrected chi connectivity index (χ0v) is 10.7. The Hall–Kier alpha value is -1.10. The number of carbonyl (C=O) groups is 2. The van der Waals surface area contributed by atoms with Gasteiger partial charge in [0.2, 0.25) is 5.91 Å². The molecule has 1 aliphatic heterocycles. The van der Waals surface area contributed by atoms with Gasteiger partial charge in [0.1, 0.15) is 6.54 Å². The third-order valence-corrected chi connectivity index (χ3v) is 4.02. The highest BCUT2D eigenvalue weighted by Crippen LogP contribution is 2.25. The predicted octanol–water partition coefficient (Wildman–Crippen LogP) is 0.842. The summed E-state index contributed by atoms with van der Waals surface area (Å²) in [7, 11) is 0. The van der Waals surface area contributed by atoms with Gasteiger partial charge in [-0.2, -0.15) is 0 Å². The van der Waals surface area contributed by atoms with E-state index in [0.29, 0.717) is 12.3 Å². The largest absolute Gasteiger partial charge is 0.480 e. The summed E-state index contributed by atoms with van der Waals surface area (Å²) in [5.41, 5.74) is 0. The molecule has 1 saturated heterocycles. The molecule has 1 atom stereocenters. The van der Waals surface area contributed by atoms with Crippen LogP contribution in [0.3, 0.4) is 0 Å². The van der Waals surface area contributed by atoms with E-state index in [1.54, 1.807) is 4.90 Å². The number of hydrogen-bond acceptors (Lipinski definition) is 3. The first kappa shape index (κ1) is 13.3. The van der Waals surface area contributed by atoms with E-state index < -0.39 is 5.97 Å². The van der Waals surface area contributed by atoms with Crippen LogP contribution in [-0.2, 0) is 9.59 Å². The predicted molar refractivity (Wildman–Crippen MR) is 67.2 cm³/mol. The summed E-state index contributed by atoms with van der Waals surface area (Å²) < 4.78 is 0. The van der Waals surface area contributed by atoms with E-state index in [4.69, 9.17) is 5.11 Å². The van der Waals surface area contributed by atoms with Crippen LogP contribution in [0.25, 0.3) is 0 Å². The van der Waals surface area contributed by atoms with Gasteiger partial charge in [-0.3, -0.25) is 9.59 Å². The highest BCUT2D eigenvalue weighted by atomic mass is 16.4. The van der Waals surface area contributed by atoms with Crippen molar-refractivity contribution in [1.29, 1.82) is 0 Å². The lowest BCUT2D eigenvalue weighted by molar-refractivity contribution is -0.146. The molecule has 102 valence electrons. The molecule has 5 nitrogen and oxygen atoms in total. The fraction of sp³-hybridized carbons (Fsp3) is 0.846. The highest BCUT2D eigenvalue weighted by Gasteiger charge is 2.30. The van der Waals surface area contributed by atoms with Crippen LogP contribution >= 0.6 is 0 Å². The second-order valence-corrected chi connectivity index (χ2v) is 5.42. The van der Waals surface area contributed by atoms with E-state index in [-0.39, 0.29) is 18.5 Å². The van der Waals surface area contributed by atoms with Crippen LogP contribution in [0.5, 0.6) is 0 Å². The van der Waals surface area contributed by atoms with Gasteiger partial charge in [-0.15, -0.1) is 0 Å². The average Bonchev–Trinajstić information content (AvgIpc) is 2.97. The fourth-order valence-electron chi connectivity index (χ4n) is 3.04. The van der Waals surface area contributed by atoms with Crippen LogP contribution in [0.15, 0.2) is 0 Å². The first-order chi connectivity index (χ1) is 8.66. The molecule has 0 radical (unpaired) electrons. The number of rotatable bonds is 5. The Morgan fingerprint density at radius 2 is 1.94 bits per heavy atom. The maximum Gasteiger partial charge on any atom is 0.323 e. The quantitative estimate of drug-likeness (QED) is 0.763. The van der Waals surface area contributed by atoms with Gasteiger partial charge < -0.3 is 15.3 Å². The van der Waals surface area contributed by atoms with Crippen molar-refractivity contribution in [2.24, 2.45) is 5.92 Å². The molecule has 5 heteroatoms. The number of carboxylic acid groups (broad SMARTS) is 1. The Labute approximate surface area is 108 Å². The molecule has 1 saturated carbocycles. The van der Waals surface area contributed by atoms with Gasteiger partial charge in [0.15, 0.2) is 0 Å². The van der Waals surface area contributed by atoms with Crippen molar-refractivity contribution in [3.63, 3.8) is 0 Å². The minimum absolute atomic E-state index is 0.0259. The van der Waals surface area contributed by atoms with Crippen LogP contribution < -0.4 is 5.32 Å². The number of hydrogen-bond donors (Lipinski definition) is 2. The van der Waals surface area contributed by atoms with Crippen molar-refractivity contribution < 1.29 is 14.7 Å². The molecule has 0 bridgehead atoms. The zero-order chi connectivity index (χ0) is 13.0. The highest BCUT2D eigenvalue weighted by molar-refractivity contribution is 5.81. The third kappa shape index (κ3) is 3.45. The number of amides is 1. The molecule has 1 heterocycles. The minimum Gasteiger partial charge on any atom is -0.480 e. The van der Waals surface area contributed by atoms with E-state index in [1.807, 2.05) is 0 Å². The third-order valence-electron chi connectivity index (χ3n) is 4.02. The summed E-state index contributed by atoms with van der Waals surface area (Å²) in [4.78, 5) is 24.8. The van der Waals surface area contributed by atoms with E-state index >= 15 is 0 Å². The topological polar surface area (TPSA) is 69.6 Å². The second-order valence-electron chi connectivity index (χ2n) is 5.42. The van der Waals surface area contributed by atoms with Crippen LogP contribution in [-0.4, -0.2) is 47.6 Å². The number of aliphatic carboxylic acids is 1. The first-order valence-electron chi connectivity index (χ1n) is 6.89. The van der Waals surface area contributed by atoms with E-state index in [2.05, 4.69) is 5.32 Å². The monoisotopic (exact) mass is 254 g/mol. The summed E-state index contributed by atoms with van der Waals surface area (Å²) in [5, 5.41) is 12.2. The first-order valence-corrected chi connectivity index (χ1v) is 6.89. The van der Waals surface area contributed by atoms with Gasteiger partial charge in [0, 0.05) is 12.5 Å². The van der Waals surface area contributed by atoms with E-state index in [0.717, 1.165) is 45.2 Å². The van der Waals surface area contributed by atoms with Gasteiger partial charge >= 0.3 is 5.97 Å². The summed E-state index contributed by atoms with van der Waals surface area (Å²) >= 11 is 0. The lowest BCUT2D eigenvalue weighted by atomic mass is 10.0. The molecule has 18 heavy (non-hydrogen) atoms. The zero-order valence-electron chi connectivity index (χ0n) is 10.7. The van der Waals surface area contributed by atoms with Crippen molar-refractivity contribution in [2.45, 2.75) is 44.6 Å². The normalized spacial score (nSPS) is 24.3. The molecule has 0 aromatic rings. The van der Waals surface area contributed by atoms with Crippen molar-refractivity contribution in [3.05, 3.63) is 0 Å². The van der Waals surface area contributed by atoms with Crippen LogP contribution in [0.2, 0.25) is 0 Å². The van der Waals surface area contributed by atoms with Crippen LogP contribution in [0.1, 0.15) is 38.5 Å². The maximum absolute atomic E-state index is 12.3. The lowest BCUT2D eigenvalue weighted by Crippen LogP contribution is -2.43. The molecule has 0 spiro atoms. The number of carbonyl (C=O) groups excluding carboxylic acids is 1. The summed E-state index contributed by atoms with van der Waals surface area (Å²) in [6, 6.07) is 0.156. The van der Waals surface area contributed by atoms with Crippen molar-refractivity contribution in [3.8, 4) is 0 Å². The van der Waals surface area contributed by atoms with Gasteiger partial charge in [-0.05, 0) is 38.3 Å². The Kier molecular flexibility index (Phi) is 4.58. The maximum atomic E-state index is 12.3. The Balaban J connectivity index is 1.93. The van der Waals surface area contributed by atoms with Crippen LogP contribution in [0.4, 0.5) is 0 Å². The summed E-state index contributed by atoms with van der Waals surface area (Å²) in [5.74, 6) is -0.493. The molecular weight excluding hydrogens is 232 g/mol. The Bertz CT molecular complexity index is 307. The Morgan fingerprint density at radius 1 is 1.22 bits per heavy atom. The molecule has 2 fully saturated rings. The number of carboxylic acids is 1. The summed E-state index contributed by atoms with van der Waals surface area (Å²) in [6.07, 6.45) is 5.66. The van der Waals surface area contributed by atoms with Crippen molar-refractivity contribution in [2.75, 3.05) is 19.6 Å². The van der Waals surface area contributed by atoms with Crippen LogP contribution in [0, 0.1) is 5.92 Å². The fourth-order valence-corrected chi connectivity index (χ4v) is 3.04. The molecule has 0 aromatic carbocycles. The molecular formula is C13H22N2O3. The molecule has 1 amide bonds. The van der Waals surface area contributed by atoms with Gasteiger partial charge in [-0.1, -0.05) is 12.8 Å². The van der Waals surface area contributed by atoms with E-state index in [1.165, 1.54) is 0 Å². The van der Waals surface area contributed by atoms with E-state index in [9.17, 15) is 9.59 Å². The number of nitrogens with one attached hydrogen (secondary N) is 1. The smallest absolute Gasteiger partial charge is 0.323 e. The molecule has 2 rings (SSSR count). The van der Waals surface area contributed by atoms with Crippen molar-refractivity contribution >= 4 is 11.9 Å². The SMILES string of the molecule is O=C(O)CN(C(=O)CC1CCNC1)C1CCCC1. The molecule has 1 unspecified atom stereocenters. The van der Waals surface area contributed by atoms with Gasteiger partial charge in [-0.25, -0.2) is 0 Å². The second kappa shape index (κ2) is 6.18.